The highest BCUT2D eigenvalue weighted by atomic mass is 127. The second-order valence-corrected chi connectivity index (χ2v) is 5.35. The third kappa shape index (κ3) is 3.51. The molecule has 0 aliphatic carbocycles. The number of hydrogen-bond acceptors (Lipinski definition) is 2. The minimum Gasteiger partial charge on any atom is -0.271 e. The Morgan fingerprint density at radius 1 is 1.06 bits per heavy atom. The van der Waals surface area contributed by atoms with E-state index in [0.717, 1.165) is 17.5 Å². The first kappa shape index (κ1) is 13.5. The molecule has 2 aromatic carbocycles. The number of halogens is 2. The summed E-state index contributed by atoms with van der Waals surface area (Å²) < 4.78 is 14.0. The monoisotopic (exact) mass is 356 g/mol. The van der Waals surface area contributed by atoms with E-state index in [4.69, 9.17) is 5.84 Å². The van der Waals surface area contributed by atoms with Gasteiger partial charge in [0.25, 0.3) is 0 Å². The van der Waals surface area contributed by atoms with Crippen molar-refractivity contribution in [3.05, 3.63) is 69.0 Å². The first-order chi connectivity index (χ1) is 8.69. The summed E-state index contributed by atoms with van der Waals surface area (Å²) in [6.45, 7) is 0. The average Bonchev–Trinajstić information content (AvgIpc) is 2.39. The maximum Gasteiger partial charge on any atom is 0.123 e. The molecule has 0 spiro atoms. The summed E-state index contributed by atoms with van der Waals surface area (Å²) in [7, 11) is 0. The van der Waals surface area contributed by atoms with Gasteiger partial charge in [0.15, 0.2) is 0 Å². The Balaban J connectivity index is 2.14. The van der Waals surface area contributed by atoms with Gasteiger partial charge in [0.05, 0.1) is 0 Å². The van der Waals surface area contributed by atoms with Crippen molar-refractivity contribution in [1.82, 2.24) is 5.43 Å². The number of benzene rings is 2. The summed E-state index contributed by atoms with van der Waals surface area (Å²) in [6.07, 6.45) is 0.734. The minimum atomic E-state index is -0.217. The van der Waals surface area contributed by atoms with Crippen molar-refractivity contribution in [3.8, 4) is 0 Å². The number of rotatable bonds is 4. The zero-order valence-electron chi connectivity index (χ0n) is 9.74. The standard InChI is InChI=1S/C14H14FIN2/c15-12-5-1-10(2-6-12)9-14(18-17)11-3-7-13(16)8-4-11/h1-8,14,18H,9,17H2. The molecule has 0 saturated carbocycles. The molecule has 1 atom stereocenters. The summed E-state index contributed by atoms with van der Waals surface area (Å²) in [5.41, 5.74) is 4.99. The molecule has 2 nitrogen and oxygen atoms in total. The fourth-order valence-electron chi connectivity index (χ4n) is 1.82. The molecule has 2 aromatic rings. The Hall–Kier alpha value is -0.980. The third-order valence-corrected chi connectivity index (χ3v) is 3.55. The molecule has 1 unspecified atom stereocenters. The van der Waals surface area contributed by atoms with E-state index in [0.29, 0.717) is 0 Å². The predicted molar refractivity (Wildman–Crippen MR) is 79.3 cm³/mol. The van der Waals surface area contributed by atoms with Gasteiger partial charge in [0, 0.05) is 9.61 Å². The number of hydrazine groups is 1. The van der Waals surface area contributed by atoms with Crippen LogP contribution in [0.25, 0.3) is 0 Å². The van der Waals surface area contributed by atoms with Crippen LogP contribution in [0.1, 0.15) is 17.2 Å². The first-order valence-electron chi connectivity index (χ1n) is 5.65. The highest BCUT2D eigenvalue weighted by molar-refractivity contribution is 14.1. The highest BCUT2D eigenvalue weighted by Crippen LogP contribution is 2.19. The van der Waals surface area contributed by atoms with Crippen LogP contribution in [0.4, 0.5) is 4.39 Å². The number of hydrogen-bond donors (Lipinski definition) is 2. The van der Waals surface area contributed by atoms with Crippen LogP contribution in [0.5, 0.6) is 0 Å². The average molecular weight is 356 g/mol. The van der Waals surface area contributed by atoms with Gasteiger partial charge in [-0.2, -0.15) is 0 Å². The number of nitrogens with one attached hydrogen (secondary N) is 1. The van der Waals surface area contributed by atoms with E-state index in [1.165, 1.54) is 15.7 Å². The largest absolute Gasteiger partial charge is 0.271 e. The SMILES string of the molecule is NNC(Cc1ccc(F)cc1)c1ccc(I)cc1. The molecule has 0 heterocycles. The molecule has 0 radical (unpaired) electrons. The van der Waals surface area contributed by atoms with Crippen LogP contribution in [0, 0.1) is 9.39 Å². The molecule has 0 amide bonds. The van der Waals surface area contributed by atoms with Gasteiger partial charge in [-0.1, -0.05) is 24.3 Å². The van der Waals surface area contributed by atoms with E-state index in [1.54, 1.807) is 12.1 Å². The second kappa shape index (κ2) is 6.26. The Morgan fingerprint density at radius 2 is 1.67 bits per heavy atom. The fourth-order valence-corrected chi connectivity index (χ4v) is 2.18. The molecule has 94 valence electrons. The molecule has 18 heavy (non-hydrogen) atoms. The molecule has 0 fully saturated rings. The van der Waals surface area contributed by atoms with Gasteiger partial charge in [-0.05, 0) is 64.4 Å². The Labute approximate surface area is 120 Å². The molecule has 3 N–H and O–H groups in total. The summed E-state index contributed by atoms with van der Waals surface area (Å²) in [5, 5.41) is 0. The normalized spacial score (nSPS) is 12.4. The van der Waals surface area contributed by atoms with E-state index in [1.807, 2.05) is 12.1 Å². The topological polar surface area (TPSA) is 38.0 Å². The van der Waals surface area contributed by atoms with Crippen LogP contribution in [0.2, 0.25) is 0 Å². The first-order valence-corrected chi connectivity index (χ1v) is 6.73. The van der Waals surface area contributed by atoms with Gasteiger partial charge in [0.2, 0.25) is 0 Å². The zero-order valence-corrected chi connectivity index (χ0v) is 11.9. The minimum absolute atomic E-state index is 0.0347. The van der Waals surface area contributed by atoms with Gasteiger partial charge in [-0.25, -0.2) is 4.39 Å². The Bertz CT molecular complexity index is 496. The molecule has 4 heteroatoms. The Kier molecular flexibility index (Phi) is 4.68. The summed E-state index contributed by atoms with van der Waals surface area (Å²) in [5.74, 6) is 5.38. The van der Waals surface area contributed by atoms with E-state index in [-0.39, 0.29) is 11.9 Å². The third-order valence-electron chi connectivity index (χ3n) is 2.83. The van der Waals surface area contributed by atoms with Crippen LogP contribution in [0.15, 0.2) is 48.5 Å². The lowest BCUT2D eigenvalue weighted by Crippen LogP contribution is -2.29. The lowest BCUT2D eigenvalue weighted by Gasteiger charge is -2.16. The van der Waals surface area contributed by atoms with Crippen molar-refractivity contribution in [2.45, 2.75) is 12.5 Å². The molecule has 0 aliphatic heterocycles. The highest BCUT2D eigenvalue weighted by Gasteiger charge is 2.10. The summed E-state index contributed by atoms with van der Waals surface area (Å²) in [4.78, 5) is 0. The summed E-state index contributed by atoms with van der Waals surface area (Å²) >= 11 is 2.27. The van der Waals surface area contributed by atoms with Crippen LogP contribution < -0.4 is 11.3 Å². The van der Waals surface area contributed by atoms with Crippen LogP contribution in [0.3, 0.4) is 0 Å². The molecule has 0 bridgehead atoms. The van der Waals surface area contributed by atoms with E-state index in [9.17, 15) is 4.39 Å². The maximum absolute atomic E-state index is 12.8. The van der Waals surface area contributed by atoms with Crippen molar-refractivity contribution in [2.24, 2.45) is 5.84 Å². The van der Waals surface area contributed by atoms with Crippen molar-refractivity contribution < 1.29 is 4.39 Å². The van der Waals surface area contributed by atoms with E-state index < -0.39 is 0 Å². The van der Waals surface area contributed by atoms with Crippen LogP contribution >= 0.6 is 22.6 Å². The number of nitrogens with two attached hydrogens (primary N) is 1. The van der Waals surface area contributed by atoms with E-state index in [2.05, 4.69) is 40.1 Å². The van der Waals surface area contributed by atoms with Gasteiger partial charge < -0.3 is 0 Å². The molecule has 0 aromatic heterocycles. The second-order valence-electron chi connectivity index (χ2n) is 4.10. The molecule has 2 rings (SSSR count). The van der Waals surface area contributed by atoms with Crippen molar-refractivity contribution >= 4 is 22.6 Å². The lowest BCUT2D eigenvalue weighted by molar-refractivity contribution is 0.550. The van der Waals surface area contributed by atoms with Gasteiger partial charge >= 0.3 is 0 Å². The fraction of sp³-hybridized carbons (Fsp3) is 0.143. The van der Waals surface area contributed by atoms with Crippen LogP contribution in [-0.2, 0) is 6.42 Å². The smallest absolute Gasteiger partial charge is 0.123 e. The Morgan fingerprint density at radius 3 is 2.22 bits per heavy atom. The molecule has 0 aliphatic rings. The quantitative estimate of drug-likeness (QED) is 0.502. The predicted octanol–water partition coefficient (Wildman–Crippen LogP) is 3.18. The van der Waals surface area contributed by atoms with Crippen molar-refractivity contribution in [3.63, 3.8) is 0 Å². The molecular weight excluding hydrogens is 342 g/mol. The van der Waals surface area contributed by atoms with Gasteiger partial charge in [-0.15, -0.1) is 0 Å². The lowest BCUT2D eigenvalue weighted by atomic mass is 9.99. The summed E-state index contributed by atoms with van der Waals surface area (Å²) in [6, 6.07) is 14.7. The van der Waals surface area contributed by atoms with Gasteiger partial charge in [-0.3, -0.25) is 11.3 Å². The van der Waals surface area contributed by atoms with E-state index >= 15 is 0 Å². The maximum atomic E-state index is 12.8. The zero-order chi connectivity index (χ0) is 13.0. The van der Waals surface area contributed by atoms with Crippen molar-refractivity contribution in [2.75, 3.05) is 0 Å². The van der Waals surface area contributed by atoms with Crippen LogP contribution in [-0.4, -0.2) is 0 Å². The molecular formula is C14H14FIN2. The molecule has 0 saturated heterocycles. The van der Waals surface area contributed by atoms with Gasteiger partial charge in [0.1, 0.15) is 5.82 Å². The van der Waals surface area contributed by atoms with Crippen molar-refractivity contribution in [1.29, 1.82) is 0 Å².